The second-order valence-corrected chi connectivity index (χ2v) is 7.16. The van der Waals surface area contributed by atoms with Crippen molar-refractivity contribution in [3.63, 3.8) is 0 Å². The fourth-order valence-electron chi connectivity index (χ4n) is 4.37. The maximum Gasteiger partial charge on any atom is 0.267 e. The Balaban J connectivity index is 1.52. The van der Waals surface area contributed by atoms with Crippen LogP contribution in [0.5, 0.6) is 0 Å². The molecule has 1 spiro atoms. The molecule has 24 heavy (non-hydrogen) atoms. The van der Waals surface area contributed by atoms with Gasteiger partial charge in [-0.25, -0.2) is 4.39 Å². The molecule has 0 unspecified atom stereocenters. The SMILES string of the molecule is CCO[C@H]1C[C@H](NC(=O)c2cc3c(C)cc(F)cc3[nH]2)C12CCC2. The van der Waals surface area contributed by atoms with Crippen LogP contribution in [0.15, 0.2) is 18.2 Å². The van der Waals surface area contributed by atoms with E-state index < -0.39 is 0 Å². The summed E-state index contributed by atoms with van der Waals surface area (Å²) in [6, 6.07) is 4.91. The third-order valence-corrected chi connectivity index (χ3v) is 5.90. The number of rotatable bonds is 4. The highest BCUT2D eigenvalue weighted by Crippen LogP contribution is 2.57. The van der Waals surface area contributed by atoms with Crippen molar-refractivity contribution in [2.45, 2.75) is 51.7 Å². The average Bonchev–Trinajstić information content (AvgIpc) is 2.88. The van der Waals surface area contributed by atoms with E-state index in [1.54, 1.807) is 0 Å². The van der Waals surface area contributed by atoms with E-state index in [1.165, 1.54) is 18.6 Å². The van der Waals surface area contributed by atoms with Gasteiger partial charge < -0.3 is 15.0 Å². The van der Waals surface area contributed by atoms with E-state index in [9.17, 15) is 9.18 Å². The summed E-state index contributed by atoms with van der Waals surface area (Å²) in [6.07, 6.45) is 4.62. The van der Waals surface area contributed by atoms with Gasteiger partial charge in [0.1, 0.15) is 11.5 Å². The molecular weight excluding hydrogens is 307 g/mol. The number of benzene rings is 1. The number of aromatic amines is 1. The van der Waals surface area contributed by atoms with Gasteiger partial charge in [0.05, 0.1) is 6.10 Å². The number of hydrogen-bond acceptors (Lipinski definition) is 2. The van der Waals surface area contributed by atoms with Crippen LogP contribution < -0.4 is 5.32 Å². The van der Waals surface area contributed by atoms with Crippen molar-refractivity contribution in [2.75, 3.05) is 6.61 Å². The van der Waals surface area contributed by atoms with E-state index in [1.807, 2.05) is 19.9 Å². The molecule has 128 valence electrons. The summed E-state index contributed by atoms with van der Waals surface area (Å²) in [7, 11) is 0. The van der Waals surface area contributed by atoms with Gasteiger partial charge in [-0.2, -0.15) is 0 Å². The first kappa shape index (κ1) is 15.6. The largest absolute Gasteiger partial charge is 0.378 e. The van der Waals surface area contributed by atoms with E-state index in [-0.39, 0.29) is 29.3 Å². The van der Waals surface area contributed by atoms with E-state index in [0.717, 1.165) is 36.8 Å². The minimum atomic E-state index is -0.291. The molecule has 2 atom stereocenters. The topological polar surface area (TPSA) is 54.1 Å². The molecule has 2 saturated carbocycles. The molecule has 4 nitrogen and oxygen atoms in total. The quantitative estimate of drug-likeness (QED) is 0.898. The van der Waals surface area contributed by atoms with Crippen molar-refractivity contribution in [1.29, 1.82) is 0 Å². The Bertz CT molecular complexity index is 794. The number of carbonyl (C=O) groups excluding carboxylic acids is 1. The van der Waals surface area contributed by atoms with Crippen LogP contribution in [-0.4, -0.2) is 29.6 Å². The van der Waals surface area contributed by atoms with Crippen molar-refractivity contribution in [3.8, 4) is 0 Å². The minimum absolute atomic E-state index is 0.114. The Morgan fingerprint density at radius 1 is 1.42 bits per heavy atom. The lowest BCUT2D eigenvalue weighted by atomic mass is 9.51. The molecule has 1 amide bonds. The maximum atomic E-state index is 13.5. The summed E-state index contributed by atoms with van der Waals surface area (Å²) < 4.78 is 19.3. The Hall–Kier alpha value is -1.88. The van der Waals surface area contributed by atoms with Gasteiger partial charge in [0.15, 0.2) is 0 Å². The molecule has 0 bridgehead atoms. The Morgan fingerprint density at radius 3 is 2.88 bits per heavy atom. The van der Waals surface area contributed by atoms with Gasteiger partial charge in [0.2, 0.25) is 0 Å². The number of halogens is 1. The summed E-state index contributed by atoms with van der Waals surface area (Å²) >= 11 is 0. The van der Waals surface area contributed by atoms with E-state index in [2.05, 4.69) is 10.3 Å². The maximum absolute atomic E-state index is 13.5. The third kappa shape index (κ3) is 2.25. The molecule has 0 aliphatic heterocycles. The zero-order valence-corrected chi connectivity index (χ0v) is 14.1. The molecule has 5 heteroatoms. The van der Waals surface area contributed by atoms with Crippen LogP contribution in [0.25, 0.3) is 10.9 Å². The Kier molecular flexibility index (Phi) is 3.64. The van der Waals surface area contributed by atoms with Gasteiger partial charge in [-0.1, -0.05) is 6.42 Å². The molecule has 2 aliphatic carbocycles. The minimum Gasteiger partial charge on any atom is -0.378 e. The smallest absolute Gasteiger partial charge is 0.267 e. The number of H-pyrrole nitrogens is 1. The van der Waals surface area contributed by atoms with Crippen LogP contribution in [-0.2, 0) is 4.74 Å². The average molecular weight is 330 g/mol. The molecular formula is C19H23FN2O2. The van der Waals surface area contributed by atoms with Crippen LogP contribution in [0, 0.1) is 18.2 Å². The number of carbonyl (C=O) groups is 1. The number of fused-ring (bicyclic) bond motifs is 1. The van der Waals surface area contributed by atoms with Crippen LogP contribution in [0.1, 0.15) is 48.7 Å². The van der Waals surface area contributed by atoms with E-state index in [0.29, 0.717) is 11.2 Å². The molecule has 2 fully saturated rings. The third-order valence-electron chi connectivity index (χ3n) is 5.90. The summed E-state index contributed by atoms with van der Waals surface area (Å²) in [6.45, 7) is 4.59. The van der Waals surface area contributed by atoms with Crippen LogP contribution in [0.3, 0.4) is 0 Å². The van der Waals surface area contributed by atoms with Crippen molar-refractivity contribution in [3.05, 3.63) is 35.3 Å². The number of hydrogen-bond donors (Lipinski definition) is 2. The molecule has 2 aromatic rings. The highest BCUT2D eigenvalue weighted by atomic mass is 19.1. The van der Waals surface area contributed by atoms with E-state index >= 15 is 0 Å². The molecule has 2 aliphatic rings. The van der Waals surface area contributed by atoms with Crippen molar-refractivity contribution < 1.29 is 13.9 Å². The zero-order chi connectivity index (χ0) is 16.9. The number of nitrogens with one attached hydrogen (secondary N) is 2. The number of aryl methyl sites for hydroxylation is 1. The molecule has 0 radical (unpaired) electrons. The van der Waals surface area contributed by atoms with Gasteiger partial charge in [0.25, 0.3) is 5.91 Å². The zero-order valence-electron chi connectivity index (χ0n) is 14.1. The van der Waals surface area contributed by atoms with Gasteiger partial charge in [-0.05, 0) is 56.9 Å². The fourth-order valence-corrected chi connectivity index (χ4v) is 4.37. The summed E-state index contributed by atoms with van der Waals surface area (Å²) in [5, 5.41) is 4.05. The van der Waals surface area contributed by atoms with Gasteiger partial charge in [-0.15, -0.1) is 0 Å². The van der Waals surface area contributed by atoms with Gasteiger partial charge in [0, 0.05) is 29.0 Å². The lowest BCUT2D eigenvalue weighted by Crippen LogP contribution is -2.67. The molecule has 0 saturated heterocycles. The van der Waals surface area contributed by atoms with Crippen molar-refractivity contribution >= 4 is 16.8 Å². The van der Waals surface area contributed by atoms with Crippen LogP contribution >= 0.6 is 0 Å². The van der Waals surface area contributed by atoms with Crippen molar-refractivity contribution in [2.24, 2.45) is 5.41 Å². The predicted octanol–water partition coefficient (Wildman–Crippen LogP) is 3.69. The van der Waals surface area contributed by atoms with Crippen LogP contribution in [0.2, 0.25) is 0 Å². The molecule has 2 N–H and O–H groups in total. The van der Waals surface area contributed by atoms with Crippen LogP contribution in [0.4, 0.5) is 4.39 Å². The van der Waals surface area contributed by atoms with E-state index in [4.69, 9.17) is 4.74 Å². The first-order valence-corrected chi connectivity index (χ1v) is 8.75. The second-order valence-electron chi connectivity index (χ2n) is 7.16. The number of ether oxygens (including phenoxy) is 1. The number of aromatic nitrogens is 1. The highest BCUT2D eigenvalue weighted by Gasteiger charge is 2.59. The summed E-state index contributed by atoms with van der Waals surface area (Å²) in [4.78, 5) is 15.7. The molecule has 1 heterocycles. The Morgan fingerprint density at radius 2 is 2.21 bits per heavy atom. The molecule has 1 aromatic heterocycles. The summed E-state index contributed by atoms with van der Waals surface area (Å²) in [5.41, 5.74) is 2.13. The first-order chi connectivity index (χ1) is 11.5. The fraction of sp³-hybridized carbons (Fsp3) is 0.526. The van der Waals surface area contributed by atoms with Crippen molar-refractivity contribution in [1.82, 2.24) is 10.3 Å². The normalized spacial score (nSPS) is 24.6. The lowest BCUT2D eigenvalue weighted by Gasteiger charge is -2.60. The molecule has 4 rings (SSSR count). The standard InChI is InChI=1S/C19H23FN2O2/c1-3-24-17-10-16(19(17)5-4-6-19)22-18(23)15-9-13-11(2)7-12(20)8-14(13)21-15/h7-9,16-17,21H,3-6,10H2,1-2H3,(H,22,23)/t16-,17-/m0/s1. The Labute approximate surface area is 140 Å². The first-order valence-electron chi connectivity index (χ1n) is 8.75. The highest BCUT2D eigenvalue weighted by molar-refractivity contribution is 5.99. The summed E-state index contributed by atoms with van der Waals surface area (Å²) in [5.74, 6) is -0.405. The van der Waals surface area contributed by atoms with Gasteiger partial charge in [-0.3, -0.25) is 4.79 Å². The molecule has 1 aromatic carbocycles. The lowest BCUT2D eigenvalue weighted by molar-refractivity contribution is -0.169. The predicted molar refractivity (Wildman–Crippen MR) is 90.6 cm³/mol. The monoisotopic (exact) mass is 330 g/mol. The number of amides is 1. The van der Waals surface area contributed by atoms with Gasteiger partial charge >= 0.3 is 0 Å². The second kappa shape index (κ2) is 5.59.